The lowest BCUT2D eigenvalue weighted by Crippen LogP contribution is -2.50. The van der Waals surface area contributed by atoms with Crippen molar-refractivity contribution in [1.82, 2.24) is 14.5 Å². The Morgan fingerprint density at radius 1 is 1.20 bits per heavy atom. The average molecular weight is 368 g/mol. The third-order valence-electron chi connectivity index (χ3n) is 4.93. The van der Waals surface area contributed by atoms with Crippen LogP contribution >= 0.6 is 0 Å². The fraction of sp³-hybridized carbons (Fsp3) is 0.625. The molecule has 25 heavy (non-hydrogen) atoms. The van der Waals surface area contributed by atoms with E-state index in [1.54, 1.807) is 0 Å². The number of sulfonamides is 1. The second kappa shape index (κ2) is 7.77. The summed E-state index contributed by atoms with van der Waals surface area (Å²) in [5, 5.41) is 14.5. The molecule has 0 aliphatic carbocycles. The standard InChI is InChI=1S/C16H24N4O4S/c21-20(22)15-5-1-2-6-16(15)25(23,24)19-10-8-18(9-11-19)13-14-4-3-7-17-12-14/h1-2,5-6,14,17H,3-4,7-13H2. The third-order valence-corrected chi connectivity index (χ3v) is 6.87. The van der Waals surface area contributed by atoms with Crippen LogP contribution in [0.4, 0.5) is 5.69 Å². The minimum Gasteiger partial charge on any atom is -0.316 e. The number of hydrogen-bond donors (Lipinski definition) is 1. The molecular weight excluding hydrogens is 344 g/mol. The van der Waals surface area contributed by atoms with Gasteiger partial charge in [0.15, 0.2) is 4.90 Å². The first-order valence-electron chi connectivity index (χ1n) is 8.65. The molecule has 1 N–H and O–H groups in total. The van der Waals surface area contributed by atoms with Crippen LogP contribution in [-0.2, 0) is 10.0 Å². The highest BCUT2D eigenvalue weighted by molar-refractivity contribution is 7.89. The van der Waals surface area contributed by atoms with Crippen LogP contribution in [-0.4, -0.2) is 68.4 Å². The van der Waals surface area contributed by atoms with Crippen LogP contribution < -0.4 is 5.32 Å². The molecule has 0 bridgehead atoms. The molecule has 0 saturated carbocycles. The van der Waals surface area contributed by atoms with Crippen molar-refractivity contribution in [3.05, 3.63) is 34.4 Å². The summed E-state index contributed by atoms with van der Waals surface area (Å²) in [6, 6.07) is 5.55. The van der Waals surface area contributed by atoms with E-state index in [1.807, 2.05) is 0 Å². The van der Waals surface area contributed by atoms with Crippen molar-refractivity contribution in [2.45, 2.75) is 17.7 Å². The van der Waals surface area contributed by atoms with Crippen molar-refractivity contribution >= 4 is 15.7 Å². The average Bonchev–Trinajstić information content (AvgIpc) is 2.63. The van der Waals surface area contributed by atoms with Gasteiger partial charge in [-0.1, -0.05) is 12.1 Å². The second-order valence-electron chi connectivity index (χ2n) is 6.64. The fourth-order valence-corrected chi connectivity index (χ4v) is 5.14. The van der Waals surface area contributed by atoms with Crippen molar-refractivity contribution in [3.8, 4) is 0 Å². The molecule has 0 radical (unpaired) electrons. The van der Waals surface area contributed by atoms with Crippen molar-refractivity contribution in [3.63, 3.8) is 0 Å². The van der Waals surface area contributed by atoms with Gasteiger partial charge in [-0.15, -0.1) is 0 Å². The molecule has 1 aromatic carbocycles. The Morgan fingerprint density at radius 2 is 1.92 bits per heavy atom. The van der Waals surface area contributed by atoms with E-state index < -0.39 is 14.9 Å². The van der Waals surface area contributed by atoms with Crippen LogP contribution in [0.3, 0.4) is 0 Å². The molecule has 2 aliphatic heterocycles. The summed E-state index contributed by atoms with van der Waals surface area (Å²) in [6.07, 6.45) is 2.40. The van der Waals surface area contributed by atoms with Crippen LogP contribution in [0.5, 0.6) is 0 Å². The number of benzene rings is 1. The second-order valence-corrected chi connectivity index (χ2v) is 8.55. The molecule has 1 unspecified atom stereocenters. The number of rotatable bonds is 5. The van der Waals surface area contributed by atoms with Crippen LogP contribution in [0.2, 0.25) is 0 Å². The van der Waals surface area contributed by atoms with Crippen molar-refractivity contribution in [1.29, 1.82) is 0 Å². The lowest BCUT2D eigenvalue weighted by Gasteiger charge is -2.36. The molecule has 9 heteroatoms. The highest BCUT2D eigenvalue weighted by atomic mass is 32.2. The molecule has 0 aromatic heterocycles. The van der Waals surface area contributed by atoms with Crippen LogP contribution in [0.1, 0.15) is 12.8 Å². The molecule has 1 aromatic rings. The van der Waals surface area contributed by atoms with Crippen molar-refractivity contribution < 1.29 is 13.3 Å². The predicted octanol–water partition coefficient (Wildman–Crippen LogP) is 0.901. The lowest BCUT2D eigenvalue weighted by atomic mass is 9.99. The number of para-hydroxylation sites is 1. The maximum absolute atomic E-state index is 12.8. The number of piperidine rings is 1. The van der Waals surface area contributed by atoms with Gasteiger partial charge in [-0.25, -0.2) is 8.42 Å². The highest BCUT2D eigenvalue weighted by Gasteiger charge is 2.33. The van der Waals surface area contributed by atoms with Gasteiger partial charge in [0.25, 0.3) is 5.69 Å². The molecule has 0 amide bonds. The summed E-state index contributed by atoms with van der Waals surface area (Å²) >= 11 is 0. The van der Waals surface area contributed by atoms with Gasteiger partial charge in [0, 0.05) is 38.8 Å². The fourth-order valence-electron chi connectivity index (χ4n) is 3.56. The van der Waals surface area contributed by atoms with Gasteiger partial charge in [0.05, 0.1) is 4.92 Å². The molecule has 2 aliphatic rings. The zero-order valence-electron chi connectivity index (χ0n) is 14.1. The topological polar surface area (TPSA) is 95.8 Å². The molecule has 1 atom stereocenters. The van der Waals surface area contributed by atoms with Gasteiger partial charge in [0.1, 0.15) is 0 Å². The van der Waals surface area contributed by atoms with Gasteiger partial charge < -0.3 is 10.2 Å². The monoisotopic (exact) mass is 368 g/mol. The van der Waals surface area contributed by atoms with Gasteiger partial charge in [-0.05, 0) is 37.9 Å². The molecule has 2 fully saturated rings. The van der Waals surface area contributed by atoms with E-state index in [-0.39, 0.29) is 10.6 Å². The quantitative estimate of drug-likeness (QED) is 0.613. The minimum absolute atomic E-state index is 0.218. The number of nitrogens with one attached hydrogen (secondary N) is 1. The Kier molecular flexibility index (Phi) is 5.67. The highest BCUT2D eigenvalue weighted by Crippen LogP contribution is 2.27. The van der Waals surface area contributed by atoms with Gasteiger partial charge in [0.2, 0.25) is 10.0 Å². The van der Waals surface area contributed by atoms with Crippen molar-refractivity contribution in [2.75, 3.05) is 45.8 Å². The minimum atomic E-state index is -3.84. The molecule has 138 valence electrons. The van der Waals surface area contributed by atoms with E-state index in [0.717, 1.165) is 19.6 Å². The predicted molar refractivity (Wildman–Crippen MR) is 93.9 cm³/mol. The number of hydrogen-bond acceptors (Lipinski definition) is 6. The summed E-state index contributed by atoms with van der Waals surface area (Å²) in [5.41, 5.74) is -0.363. The van der Waals surface area contributed by atoms with Gasteiger partial charge in [-0.3, -0.25) is 10.1 Å². The largest absolute Gasteiger partial charge is 0.316 e. The first kappa shape index (κ1) is 18.2. The Balaban J connectivity index is 1.64. The Morgan fingerprint density at radius 3 is 2.56 bits per heavy atom. The van der Waals surface area contributed by atoms with Crippen molar-refractivity contribution in [2.24, 2.45) is 5.92 Å². The first-order chi connectivity index (χ1) is 12.0. The number of nitro groups is 1. The van der Waals surface area contributed by atoms with E-state index >= 15 is 0 Å². The smallest absolute Gasteiger partial charge is 0.289 e. The molecule has 2 heterocycles. The SMILES string of the molecule is O=[N+]([O-])c1ccccc1S(=O)(=O)N1CCN(CC2CCCNC2)CC1. The zero-order chi connectivity index (χ0) is 17.9. The summed E-state index contributed by atoms with van der Waals surface area (Å²) in [6.45, 7) is 5.15. The maximum Gasteiger partial charge on any atom is 0.289 e. The summed E-state index contributed by atoms with van der Waals surface area (Å²) in [5.74, 6) is 0.618. The molecular formula is C16H24N4O4S. The first-order valence-corrected chi connectivity index (χ1v) is 10.1. The van der Waals surface area contributed by atoms with E-state index in [2.05, 4.69) is 10.2 Å². The molecule has 2 saturated heterocycles. The van der Waals surface area contributed by atoms with Crippen LogP contribution in [0.15, 0.2) is 29.2 Å². The Hall–Kier alpha value is -1.55. The number of piperazine rings is 1. The molecule has 3 rings (SSSR count). The third kappa shape index (κ3) is 4.17. The van der Waals surface area contributed by atoms with E-state index in [4.69, 9.17) is 0 Å². The Bertz CT molecular complexity index is 711. The summed E-state index contributed by atoms with van der Waals surface area (Å²) in [7, 11) is -3.84. The number of nitro benzene ring substituents is 1. The van der Waals surface area contributed by atoms with E-state index in [9.17, 15) is 18.5 Å². The van der Waals surface area contributed by atoms with Gasteiger partial charge >= 0.3 is 0 Å². The van der Waals surface area contributed by atoms with Crippen LogP contribution in [0, 0.1) is 16.0 Å². The molecule has 8 nitrogen and oxygen atoms in total. The summed E-state index contributed by atoms with van der Waals surface area (Å²) < 4.78 is 27.0. The zero-order valence-corrected chi connectivity index (χ0v) is 15.0. The normalized spacial score (nSPS) is 23.4. The number of nitrogens with zero attached hydrogens (tertiary/aromatic N) is 3. The van der Waals surface area contributed by atoms with Crippen LogP contribution in [0.25, 0.3) is 0 Å². The summed E-state index contributed by atoms with van der Waals surface area (Å²) in [4.78, 5) is 12.6. The van der Waals surface area contributed by atoms with E-state index in [0.29, 0.717) is 32.1 Å². The van der Waals surface area contributed by atoms with E-state index in [1.165, 1.54) is 41.4 Å². The Labute approximate surface area is 148 Å². The molecule has 0 spiro atoms. The van der Waals surface area contributed by atoms with Gasteiger partial charge in [-0.2, -0.15) is 4.31 Å². The maximum atomic E-state index is 12.8. The lowest BCUT2D eigenvalue weighted by molar-refractivity contribution is -0.387.